The van der Waals surface area contributed by atoms with Gasteiger partial charge < -0.3 is 4.90 Å². The molecule has 4 rings (SSSR count). The molecule has 24 heavy (non-hydrogen) atoms. The van der Waals surface area contributed by atoms with Crippen LogP contribution in [0.5, 0.6) is 0 Å². The maximum Gasteiger partial charge on any atom is 0.257 e. The molecule has 2 heterocycles. The molecule has 2 aromatic carbocycles. The number of carbonyl (C=O) groups excluding carboxylic acids is 1. The van der Waals surface area contributed by atoms with Gasteiger partial charge in [0, 0.05) is 12.6 Å². The molecule has 3 nitrogen and oxygen atoms in total. The van der Waals surface area contributed by atoms with Gasteiger partial charge >= 0.3 is 0 Å². The fourth-order valence-electron chi connectivity index (χ4n) is 3.12. The summed E-state index contributed by atoms with van der Waals surface area (Å²) in [4.78, 5) is 19.0. The van der Waals surface area contributed by atoms with Gasteiger partial charge in [0.05, 0.1) is 21.8 Å². The Morgan fingerprint density at radius 3 is 2.83 bits per heavy atom. The Bertz CT molecular complexity index is 891. The lowest BCUT2D eigenvalue weighted by molar-refractivity contribution is 0.0730. The number of thiazole rings is 1. The number of halogens is 2. The molecule has 122 valence electrons. The standard InChI is InChI=1S/C18H14F2N2OS/c19-11-7-8-12(13(20)10-11)18(23)22-9-3-5-15(22)17-21-14-4-1-2-6-16(14)24-17/h1-2,4,6-8,10,15H,3,5,9H2. The van der Waals surface area contributed by atoms with Gasteiger partial charge in [-0.15, -0.1) is 11.3 Å². The smallest absolute Gasteiger partial charge is 0.257 e. The number of nitrogens with zero attached hydrogens (tertiary/aromatic N) is 2. The maximum absolute atomic E-state index is 14.0. The van der Waals surface area contributed by atoms with E-state index in [0.29, 0.717) is 6.54 Å². The van der Waals surface area contributed by atoms with Gasteiger partial charge in [0.1, 0.15) is 16.6 Å². The van der Waals surface area contributed by atoms with E-state index in [1.54, 1.807) is 16.2 Å². The highest BCUT2D eigenvalue weighted by Gasteiger charge is 2.33. The van der Waals surface area contributed by atoms with Crippen molar-refractivity contribution in [3.63, 3.8) is 0 Å². The molecule has 0 aliphatic carbocycles. The van der Waals surface area contributed by atoms with E-state index in [1.807, 2.05) is 24.3 Å². The maximum atomic E-state index is 14.0. The molecule has 1 saturated heterocycles. The summed E-state index contributed by atoms with van der Waals surface area (Å²) in [5, 5.41) is 0.865. The second kappa shape index (κ2) is 5.94. The second-order valence-corrected chi connectivity index (χ2v) is 6.86. The van der Waals surface area contributed by atoms with Gasteiger partial charge in [-0.3, -0.25) is 4.79 Å². The first-order chi connectivity index (χ1) is 11.6. The van der Waals surface area contributed by atoms with Gasteiger partial charge in [-0.2, -0.15) is 0 Å². The van der Waals surface area contributed by atoms with E-state index in [1.165, 1.54) is 6.07 Å². The van der Waals surface area contributed by atoms with Gasteiger partial charge in [-0.1, -0.05) is 12.1 Å². The number of hydrogen-bond acceptors (Lipinski definition) is 3. The molecule has 1 aliphatic heterocycles. The van der Waals surface area contributed by atoms with Crippen molar-refractivity contribution in [1.82, 2.24) is 9.88 Å². The summed E-state index contributed by atoms with van der Waals surface area (Å²) < 4.78 is 28.1. The molecular weight excluding hydrogens is 330 g/mol. The van der Waals surface area contributed by atoms with Crippen molar-refractivity contribution in [2.24, 2.45) is 0 Å². The van der Waals surface area contributed by atoms with E-state index in [2.05, 4.69) is 4.98 Å². The van der Waals surface area contributed by atoms with Crippen LogP contribution in [-0.4, -0.2) is 22.3 Å². The minimum Gasteiger partial charge on any atom is -0.329 e. The third-order valence-corrected chi connectivity index (χ3v) is 5.41. The molecule has 0 saturated carbocycles. The Labute approximate surface area is 141 Å². The fraction of sp³-hybridized carbons (Fsp3) is 0.222. The Morgan fingerprint density at radius 1 is 1.21 bits per heavy atom. The van der Waals surface area contributed by atoms with Crippen molar-refractivity contribution in [3.05, 3.63) is 64.7 Å². The third-order valence-electron chi connectivity index (χ3n) is 4.27. The molecule has 0 spiro atoms. The summed E-state index contributed by atoms with van der Waals surface area (Å²) >= 11 is 1.56. The van der Waals surface area contributed by atoms with Crippen molar-refractivity contribution in [3.8, 4) is 0 Å². The topological polar surface area (TPSA) is 33.2 Å². The van der Waals surface area contributed by atoms with Crippen LogP contribution in [0.15, 0.2) is 42.5 Å². The first-order valence-corrected chi connectivity index (χ1v) is 8.56. The summed E-state index contributed by atoms with van der Waals surface area (Å²) in [6.45, 7) is 0.552. The van der Waals surface area contributed by atoms with E-state index in [4.69, 9.17) is 0 Å². The lowest BCUT2D eigenvalue weighted by Gasteiger charge is -2.23. The average Bonchev–Trinajstić information content (AvgIpc) is 3.20. The zero-order valence-electron chi connectivity index (χ0n) is 12.7. The zero-order chi connectivity index (χ0) is 16.7. The Kier molecular flexibility index (Phi) is 3.76. The Balaban J connectivity index is 1.68. The molecular formula is C18H14F2N2OS. The highest BCUT2D eigenvalue weighted by atomic mass is 32.1. The van der Waals surface area contributed by atoms with Crippen LogP contribution >= 0.6 is 11.3 Å². The van der Waals surface area contributed by atoms with E-state index in [-0.39, 0.29) is 11.6 Å². The molecule has 0 N–H and O–H groups in total. The summed E-state index contributed by atoms with van der Waals surface area (Å²) in [6, 6.07) is 10.7. The lowest BCUT2D eigenvalue weighted by Crippen LogP contribution is -2.31. The average molecular weight is 344 g/mol. The van der Waals surface area contributed by atoms with E-state index >= 15 is 0 Å². The number of carbonyl (C=O) groups is 1. The second-order valence-electron chi connectivity index (χ2n) is 5.80. The molecule has 0 radical (unpaired) electrons. The van der Waals surface area contributed by atoms with Gasteiger partial charge in [0.25, 0.3) is 5.91 Å². The Morgan fingerprint density at radius 2 is 2.04 bits per heavy atom. The van der Waals surface area contributed by atoms with Crippen LogP contribution in [0.2, 0.25) is 0 Å². The van der Waals surface area contributed by atoms with Gasteiger partial charge in [-0.25, -0.2) is 13.8 Å². The molecule has 1 amide bonds. The van der Waals surface area contributed by atoms with E-state index in [0.717, 1.165) is 40.2 Å². The highest BCUT2D eigenvalue weighted by Crippen LogP contribution is 2.37. The summed E-state index contributed by atoms with van der Waals surface area (Å²) in [7, 11) is 0. The highest BCUT2D eigenvalue weighted by molar-refractivity contribution is 7.18. The number of aromatic nitrogens is 1. The minimum atomic E-state index is -0.824. The summed E-state index contributed by atoms with van der Waals surface area (Å²) in [5.74, 6) is -1.92. The predicted octanol–water partition coefficient (Wildman–Crippen LogP) is 4.55. The monoisotopic (exact) mass is 344 g/mol. The summed E-state index contributed by atoms with van der Waals surface area (Å²) in [5.41, 5.74) is 0.814. The largest absolute Gasteiger partial charge is 0.329 e. The van der Waals surface area contributed by atoms with Crippen molar-refractivity contribution < 1.29 is 13.6 Å². The predicted molar refractivity (Wildman–Crippen MR) is 89.0 cm³/mol. The number of fused-ring (bicyclic) bond motifs is 1. The zero-order valence-corrected chi connectivity index (χ0v) is 13.5. The summed E-state index contributed by atoms with van der Waals surface area (Å²) in [6.07, 6.45) is 1.64. The first kappa shape index (κ1) is 15.2. The van der Waals surface area contributed by atoms with Gasteiger partial charge in [0.2, 0.25) is 0 Å². The molecule has 1 atom stereocenters. The third kappa shape index (κ3) is 2.57. The number of benzene rings is 2. The number of likely N-dealkylation sites (tertiary alicyclic amines) is 1. The number of hydrogen-bond donors (Lipinski definition) is 0. The van der Waals surface area contributed by atoms with Crippen molar-refractivity contribution in [2.45, 2.75) is 18.9 Å². The van der Waals surface area contributed by atoms with Crippen LogP contribution in [0.3, 0.4) is 0 Å². The van der Waals surface area contributed by atoms with Crippen LogP contribution in [0.25, 0.3) is 10.2 Å². The van der Waals surface area contributed by atoms with Gasteiger partial charge in [-0.05, 0) is 37.1 Å². The van der Waals surface area contributed by atoms with Crippen molar-refractivity contribution in [2.75, 3.05) is 6.54 Å². The van der Waals surface area contributed by atoms with Crippen LogP contribution in [-0.2, 0) is 0 Å². The van der Waals surface area contributed by atoms with Crippen molar-refractivity contribution in [1.29, 1.82) is 0 Å². The molecule has 3 aromatic rings. The van der Waals surface area contributed by atoms with Crippen LogP contribution in [0, 0.1) is 11.6 Å². The van der Waals surface area contributed by atoms with Gasteiger partial charge in [0.15, 0.2) is 0 Å². The van der Waals surface area contributed by atoms with Crippen LogP contribution < -0.4 is 0 Å². The number of amides is 1. The molecule has 1 aromatic heterocycles. The lowest BCUT2D eigenvalue weighted by atomic mass is 10.1. The fourth-order valence-corrected chi connectivity index (χ4v) is 4.23. The molecule has 1 aliphatic rings. The van der Waals surface area contributed by atoms with Crippen molar-refractivity contribution >= 4 is 27.5 Å². The number of rotatable bonds is 2. The van der Waals surface area contributed by atoms with Crippen LogP contribution in [0.4, 0.5) is 8.78 Å². The molecule has 1 fully saturated rings. The minimum absolute atomic E-state index is 0.0931. The van der Waals surface area contributed by atoms with E-state index in [9.17, 15) is 13.6 Å². The normalized spacial score (nSPS) is 17.6. The molecule has 1 unspecified atom stereocenters. The Hall–Kier alpha value is -2.34. The van der Waals surface area contributed by atoms with Crippen LogP contribution in [0.1, 0.15) is 34.2 Å². The molecule has 0 bridgehead atoms. The quantitative estimate of drug-likeness (QED) is 0.683. The SMILES string of the molecule is O=C(c1ccc(F)cc1F)N1CCCC1c1nc2ccccc2s1. The van der Waals surface area contributed by atoms with E-state index < -0.39 is 17.5 Å². The number of para-hydroxylation sites is 1. The first-order valence-electron chi connectivity index (χ1n) is 7.75. The molecule has 6 heteroatoms.